The van der Waals surface area contributed by atoms with E-state index in [0.29, 0.717) is 6.42 Å². The molecule has 0 aromatic carbocycles. The van der Waals surface area contributed by atoms with Crippen LogP contribution in [-0.4, -0.2) is 29.8 Å². The van der Waals surface area contributed by atoms with Crippen molar-refractivity contribution in [2.24, 2.45) is 0 Å². The molecule has 13 heavy (non-hydrogen) atoms. The van der Waals surface area contributed by atoms with Crippen molar-refractivity contribution in [2.45, 2.75) is 39.2 Å². The van der Waals surface area contributed by atoms with E-state index in [1.165, 1.54) is 12.8 Å². The Labute approximate surface area is 80.6 Å². The summed E-state index contributed by atoms with van der Waals surface area (Å²) in [5.41, 5.74) is 0. The predicted octanol–water partition coefficient (Wildman–Crippen LogP) is 2.01. The Morgan fingerprint density at radius 3 is 2.62 bits per heavy atom. The van der Waals surface area contributed by atoms with E-state index < -0.39 is 0 Å². The van der Waals surface area contributed by atoms with Gasteiger partial charge in [0.15, 0.2) is 5.78 Å². The van der Waals surface area contributed by atoms with Gasteiger partial charge in [0, 0.05) is 19.0 Å². The van der Waals surface area contributed by atoms with Gasteiger partial charge in [-0.2, -0.15) is 0 Å². The summed E-state index contributed by atoms with van der Waals surface area (Å²) in [5, 5.41) is 0. The lowest BCUT2D eigenvalue weighted by Crippen LogP contribution is -2.25. The Morgan fingerprint density at radius 1 is 1.46 bits per heavy atom. The van der Waals surface area contributed by atoms with Crippen LogP contribution in [0.4, 0.5) is 0 Å². The van der Waals surface area contributed by atoms with Crippen LogP contribution in [0.1, 0.15) is 33.1 Å². The van der Waals surface area contributed by atoms with Crippen LogP contribution in [-0.2, 0) is 4.79 Å². The fourth-order valence-electron chi connectivity index (χ4n) is 1.41. The highest BCUT2D eigenvalue weighted by molar-refractivity contribution is 5.89. The zero-order valence-corrected chi connectivity index (χ0v) is 8.62. The zero-order chi connectivity index (χ0) is 9.68. The summed E-state index contributed by atoms with van der Waals surface area (Å²) in [6, 6.07) is 0.798. The first kappa shape index (κ1) is 10.5. The molecule has 1 aliphatic carbocycles. The molecule has 1 rings (SSSR count). The maximum Gasteiger partial charge on any atom is 0.155 e. The predicted molar refractivity (Wildman–Crippen MR) is 54.7 cm³/mol. The van der Waals surface area contributed by atoms with Crippen molar-refractivity contribution < 1.29 is 4.79 Å². The third-order valence-corrected chi connectivity index (χ3v) is 2.46. The summed E-state index contributed by atoms with van der Waals surface area (Å²) < 4.78 is 0. The third-order valence-electron chi connectivity index (χ3n) is 2.46. The Hall–Kier alpha value is -0.630. The van der Waals surface area contributed by atoms with Gasteiger partial charge in [0.25, 0.3) is 0 Å². The van der Waals surface area contributed by atoms with Gasteiger partial charge in [0.1, 0.15) is 0 Å². The van der Waals surface area contributed by atoms with Crippen LogP contribution in [0, 0.1) is 0 Å². The van der Waals surface area contributed by atoms with Crippen LogP contribution >= 0.6 is 0 Å². The standard InChI is InChI=1S/C11H19NO/c1-3-11(13)6-5-9-12(4-2)10-7-8-10/h5-6,10H,3-4,7-9H2,1-2H3/b6-5+. The topological polar surface area (TPSA) is 20.3 Å². The normalized spacial score (nSPS) is 17.2. The molecule has 0 aromatic heterocycles. The Kier molecular flexibility index (Phi) is 4.16. The maximum atomic E-state index is 11.0. The maximum absolute atomic E-state index is 11.0. The summed E-state index contributed by atoms with van der Waals surface area (Å²) in [4.78, 5) is 13.4. The molecule has 1 aliphatic rings. The molecule has 0 aromatic rings. The Morgan fingerprint density at radius 2 is 2.15 bits per heavy atom. The molecule has 1 saturated carbocycles. The van der Waals surface area contributed by atoms with Crippen LogP contribution in [0.2, 0.25) is 0 Å². The molecular weight excluding hydrogens is 162 g/mol. The van der Waals surface area contributed by atoms with Crippen molar-refractivity contribution in [3.8, 4) is 0 Å². The minimum absolute atomic E-state index is 0.229. The molecule has 0 saturated heterocycles. The van der Waals surface area contributed by atoms with Gasteiger partial charge in [-0.1, -0.05) is 19.9 Å². The Balaban J connectivity index is 2.22. The second-order valence-electron chi connectivity index (χ2n) is 3.54. The summed E-state index contributed by atoms with van der Waals surface area (Å²) in [6.07, 6.45) is 7.00. The van der Waals surface area contributed by atoms with Crippen LogP contribution in [0.25, 0.3) is 0 Å². The largest absolute Gasteiger partial charge is 0.297 e. The van der Waals surface area contributed by atoms with E-state index in [0.717, 1.165) is 19.1 Å². The quantitative estimate of drug-likeness (QED) is 0.584. The molecule has 2 heteroatoms. The molecule has 0 atom stereocenters. The number of hydrogen-bond acceptors (Lipinski definition) is 2. The molecule has 0 radical (unpaired) electrons. The average molecular weight is 181 g/mol. The van der Waals surface area contributed by atoms with Crippen molar-refractivity contribution in [2.75, 3.05) is 13.1 Å². The Bertz CT molecular complexity index is 194. The summed E-state index contributed by atoms with van der Waals surface area (Å²) in [7, 11) is 0. The van der Waals surface area contributed by atoms with Gasteiger partial charge in [-0.15, -0.1) is 0 Å². The minimum atomic E-state index is 0.229. The number of nitrogens with zero attached hydrogens (tertiary/aromatic N) is 1. The molecule has 0 amide bonds. The molecule has 2 nitrogen and oxygen atoms in total. The lowest BCUT2D eigenvalue weighted by Gasteiger charge is -2.16. The van der Waals surface area contributed by atoms with E-state index in [2.05, 4.69) is 11.8 Å². The van der Waals surface area contributed by atoms with Crippen molar-refractivity contribution in [3.05, 3.63) is 12.2 Å². The summed E-state index contributed by atoms with van der Waals surface area (Å²) in [6.45, 7) is 6.10. The minimum Gasteiger partial charge on any atom is -0.297 e. The molecule has 0 N–H and O–H groups in total. The van der Waals surface area contributed by atoms with E-state index in [1.54, 1.807) is 6.08 Å². The van der Waals surface area contributed by atoms with Gasteiger partial charge >= 0.3 is 0 Å². The lowest BCUT2D eigenvalue weighted by atomic mass is 10.3. The highest BCUT2D eigenvalue weighted by Crippen LogP contribution is 2.26. The number of ketones is 1. The number of carbonyl (C=O) groups is 1. The van der Waals surface area contributed by atoms with E-state index in [4.69, 9.17) is 0 Å². The van der Waals surface area contributed by atoms with Gasteiger partial charge in [-0.3, -0.25) is 9.69 Å². The zero-order valence-electron chi connectivity index (χ0n) is 8.62. The number of carbonyl (C=O) groups excluding carboxylic acids is 1. The highest BCUT2D eigenvalue weighted by atomic mass is 16.1. The molecule has 1 fully saturated rings. The first-order valence-corrected chi connectivity index (χ1v) is 5.21. The second kappa shape index (κ2) is 5.18. The van der Waals surface area contributed by atoms with E-state index in [-0.39, 0.29) is 5.78 Å². The van der Waals surface area contributed by atoms with Crippen molar-refractivity contribution in [1.29, 1.82) is 0 Å². The average Bonchev–Trinajstić information content (AvgIpc) is 2.95. The van der Waals surface area contributed by atoms with Gasteiger partial charge < -0.3 is 0 Å². The third kappa shape index (κ3) is 3.73. The number of hydrogen-bond donors (Lipinski definition) is 0. The molecule has 74 valence electrons. The number of likely N-dealkylation sites (N-methyl/N-ethyl adjacent to an activating group) is 1. The van der Waals surface area contributed by atoms with Crippen molar-refractivity contribution in [3.63, 3.8) is 0 Å². The SMILES string of the molecule is CCC(=O)/C=C/CN(CC)C1CC1. The van der Waals surface area contributed by atoms with Crippen molar-refractivity contribution >= 4 is 5.78 Å². The van der Waals surface area contributed by atoms with E-state index in [9.17, 15) is 4.79 Å². The molecule has 0 bridgehead atoms. The molecule has 0 aliphatic heterocycles. The first-order chi connectivity index (χ1) is 6.27. The van der Waals surface area contributed by atoms with Crippen LogP contribution < -0.4 is 0 Å². The van der Waals surface area contributed by atoms with Crippen LogP contribution in [0.15, 0.2) is 12.2 Å². The molecule has 0 heterocycles. The second-order valence-corrected chi connectivity index (χ2v) is 3.54. The van der Waals surface area contributed by atoms with Crippen LogP contribution in [0.5, 0.6) is 0 Å². The van der Waals surface area contributed by atoms with Crippen LogP contribution in [0.3, 0.4) is 0 Å². The lowest BCUT2D eigenvalue weighted by molar-refractivity contribution is -0.114. The molecule has 0 unspecified atom stereocenters. The molecule has 0 spiro atoms. The summed E-state index contributed by atoms with van der Waals surface area (Å²) in [5.74, 6) is 0.229. The van der Waals surface area contributed by atoms with E-state index in [1.807, 2.05) is 13.0 Å². The van der Waals surface area contributed by atoms with Gasteiger partial charge in [0.2, 0.25) is 0 Å². The number of rotatable bonds is 6. The van der Waals surface area contributed by atoms with Gasteiger partial charge in [0.05, 0.1) is 0 Å². The monoisotopic (exact) mass is 181 g/mol. The number of allylic oxidation sites excluding steroid dienone is 1. The van der Waals surface area contributed by atoms with Gasteiger partial charge in [-0.05, 0) is 25.5 Å². The van der Waals surface area contributed by atoms with E-state index >= 15 is 0 Å². The highest BCUT2D eigenvalue weighted by Gasteiger charge is 2.26. The fraction of sp³-hybridized carbons (Fsp3) is 0.727. The van der Waals surface area contributed by atoms with Gasteiger partial charge in [-0.25, -0.2) is 0 Å². The smallest absolute Gasteiger partial charge is 0.155 e. The van der Waals surface area contributed by atoms with Crippen molar-refractivity contribution in [1.82, 2.24) is 4.90 Å². The fourth-order valence-corrected chi connectivity index (χ4v) is 1.41. The first-order valence-electron chi connectivity index (χ1n) is 5.21. The molecular formula is C11H19NO. The summed E-state index contributed by atoms with van der Waals surface area (Å²) >= 11 is 0.